The number of carbonyl (C=O) groups excluding carboxylic acids is 1. The zero-order valence-electron chi connectivity index (χ0n) is 12.3. The molecule has 2 heteroatoms. The van der Waals surface area contributed by atoms with Crippen LogP contribution in [0.3, 0.4) is 0 Å². The second kappa shape index (κ2) is 6.13. The van der Waals surface area contributed by atoms with Crippen LogP contribution >= 0.6 is 0 Å². The number of esters is 1. The molecule has 3 rings (SSSR count). The summed E-state index contributed by atoms with van der Waals surface area (Å²) in [6.45, 7) is 2.48. The molecule has 0 unspecified atom stereocenters. The number of cyclic esters (lactones) is 1. The van der Waals surface area contributed by atoms with Crippen LogP contribution in [-0.2, 0) is 16.0 Å². The molecule has 1 aliphatic heterocycles. The third-order valence-electron chi connectivity index (χ3n) is 4.13. The Bertz CT molecular complexity index is 685. The monoisotopic (exact) mass is 280 g/mol. The van der Waals surface area contributed by atoms with Gasteiger partial charge in [-0.25, -0.2) is 0 Å². The average molecular weight is 280 g/mol. The molecule has 0 aliphatic carbocycles. The molecular weight excluding hydrogens is 260 g/mol. The van der Waals surface area contributed by atoms with Gasteiger partial charge in [0.1, 0.15) is 6.61 Å². The van der Waals surface area contributed by atoms with Gasteiger partial charge in [0.25, 0.3) is 0 Å². The zero-order chi connectivity index (χ0) is 14.7. The van der Waals surface area contributed by atoms with Gasteiger partial charge >= 0.3 is 5.97 Å². The number of aryl methyl sites for hydroxylation is 1. The maximum Gasteiger partial charge on any atom is 0.313 e. The van der Waals surface area contributed by atoms with Crippen LogP contribution in [0.25, 0.3) is 10.8 Å². The minimum absolute atomic E-state index is 0.0506. The summed E-state index contributed by atoms with van der Waals surface area (Å²) in [5.41, 5.74) is 2.58. The minimum atomic E-state index is -0.0769. The van der Waals surface area contributed by atoms with Gasteiger partial charge < -0.3 is 4.74 Å². The first-order chi connectivity index (χ1) is 10.3. The summed E-state index contributed by atoms with van der Waals surface area (Å²) in [6.07, 6.45) is 4.87. The van der Waals surface area contributed by atoms with Crippen LogP contribution in [0.15, 0.2) is 54.1 Å². The van der Waals surface area contributed by atoms with Gasteiger partial charge in [0, 0.05) is 0 Å². The highest BCUT2D eigenvalue weighted by Gasteiger charge is 2.21. The lowest BCUT2D eigenvalue weighted by Crippen LogP contribution is -2.22. The van der Waals surface area contributed by atoms with Crippen LogP contribution in [0.4, 0.5) is 0 Å². The van der Waals surface area contributed by atoms with E-state index in [1.807, 2.05) is 6.92 Å². The van der Waals surface area contributed by atoms with Crippen molar-refractivity contribution in [2.75, 3.05) is 6.61 Å². The predicted octanol–water partition coefficient (Wildman–Crippen LogP) is 4.28. The summed E-state index contributed by atoms with van der Waals surface area (Å²) < 4.78 is 5.25. The van der Waals surface area contributed by atoms with Crippen molar-refractivity contribution in [2.24, 2.45) is 5.92 Å². The lowest BCUT2D eigenvalue weighted by Gasteiger charge is -2.19. The Hall–Kier alpha value is -2.09. The fourth-order valence-electron chi connectivity index (χ4n) is 2.81. The second-order valence-electron chi connectivity index (χ2n) is 5.63. The molecule has 0 saturated carbocycles. The van der Waals surface area contributed by atoms with Crippen LogP contribution in [0, 0.1) is 5.92 Å². The molecule has 1 atom stereocenters. The summed E-state index contributed by atoms with van der Waals surface area (Å²) in [6, 6.07) is 15.0. The quantitative estimate of drug-likeness (QED) is 0.617. The molecule has 2 aromatic rings. The third-order valence-corrected chi connectivity index (χ3v) is 4.13. The Morgan fingerprint density at radius 3 is 2.71 bits per heavy atom. The van der Waals surface area contributed by atoms with Crippen molar-refractivity contribution >= 4 is 16.7 Å². The van der Waals surface area contributed by atoms with Gasteiger partial charge in [-0.15, -0.1) is 0 Å². The van der Waals surface area contributed by atoms with Crippen LogP contribution < -0.4 is 0 Å². The van der Waals surface area contributed by atoms with E-state index in [-0.39, 0.29) is 11.9 Å². The van der Waals surface area contributed by atoms with Gasteiger partial charge in [-0.3, -0.25) is 4.79 Å². The van der Waals surface area contributed by atoms with E-state index in [2.05, 4.69) is 48.5 Å². The van der Waals surface area contributed by atoms with Crippen LogP contribution in [-0.4, -0.2) is 12.6 Å². The molecule has 2 aromatic carbocycles. The first-order valence-electron chi connectivity index (χ1n) is 7.60. The molecule has 0 saturated heterocycles. The van der Waals surface area contributed by atoms with Gasteiger partial charge in [0.15, 0.2) is 0 Å². The smallest absolute Gasteiger partial charge is 0.313 e. The Balaban J connectivity index is 1.70. The summed E-state index contributed by atoms with van der Waals surface area (Å²) in [5, 5.41) is 2.56. The van der Waals surface area contributed by atoms with E-state index in [1.54, 1.807) is 0 Å². The largest absolute Gasteiger partial charge is 0.461 e. The summed E-state index contributed by atoms with van der Waals surface area (Å²) >= 11 is 0. The second-order valence-corrected chi connectivity index (χ2v) is 5.63. The highest BCUT2D eigenvalue weighted by Crippen LogP contribution is 2.22. The van der Waals surface area contributed by atoms with E-state index in [0.717, 1.165) is 19.3 Å². The number of hydrogen-bond acceptors (Lipinski definition) is 2. The normalized spacial score (nSPS) is 18.4. The van der Waals surface area contributed by atoms with Crippen LogP contribution in [0.1, 0.15) is 25.3 Å². The number of hydrogen-bond donors (Lipinski definition) is 0. The van der Waals surface area contributed by atoms with Crippen molar-refractivity contribution in [3.05, 3.63) is 59.7 Å². The van der Waals surface area contributed by atoms with Gasteiger partial charge in [-0.1, -0.05) is 55.5 Å². The Morgan fingerprint density at radius 1 is 1.10 bits per heavy atom. The average Bonchev–Trinajstić information content (AvgIpc) is 2.54. The Kier molecular flexibility index (Phi) is 4.05. The lowest BCUT2D eigenvalue weighted by atomic mass is 9.96. The lowest BCUT2D eigenvalue weighted by molar-refractivity contribution is -0.147. The van der Waals surface area contributed by atoms with E-state index in [9.17, 15) is 4.79 Å². The molecule has 0 radical (unpaired) electrons. The molecule has 0 amide bonds. The molecular formula is C19H20O2. The van der Waals surface area contributed by atoms with Crippen molar-refractivity contribution in [1.29, 1.82) is 0 Å². The zero-order valence-corrected chi connectivity index (χ0v) is 12.3. The van der Waals surface area contributed by atoms with E-state index < -0.39 is 0 Å². The maximum absolute atomic E-state index is 11.5. The maximum atomic E-state index is 11.5. The molecule has 2 nitrogen and oxygen atoms in total. The minimum Gasteiger partial charge on any atom is -0.461 e. The topological polar surface area (TPSA) is 26.3 Å². The fourth-order valence-corrected chi connectivity index (χ4v) is 2.81. The molecule has 108 valence electrons. The van der Waals surface area contributed by atoms with E-state index in [1.165, 1.54) is 21.9 Å². The highest BCUT2D eigenvalue weighted by molar-refractivity contribution is 5.83. The molecule has 21 heavy (non-hydrogen) atoms. The van der Waals surface area contributed by atoms with Gasteiger partial charge in [0.05, 0.1) is 5.92 Å². The van der Waals surface area contributed by atoms with Crippen LogP contribution in [0.5, 0.6) is 0 Å². The molecule has 0 spiro atoms. The first-order valence-corrected chi connectivity index (χ1v) is 7.60. The number of rotatable bonds is 4. The highest BCUT2D eigenvalue weighted by atomic mass is 16.5. The summed E-state index contributed by atoms with van der Waals surface area (Å²) in [4.78, 5) is 11.5. The van der Waals surface area contributed by atoms with Crippen molar-refractivity contribution in [2.45, 2.75) is 26.2 Å². The van der Waals surface area contributed by atoms with Crippen molar-refractivity contribution in [3.8, 4) is 0 Å². The fraction of sp³-hybridized carbons (Fsp3) is 0.316. The molecule has 1 aliphatic rings. The molecule has 0 bridgehead atoms. The Morgan fingerprint density at radius 2 is 1.90 bits per heavy atom. The number of benzene rings is 2. The van der Waals surface area contributed by atoms with E-state index in [0.29, 0.717) is 6.61 Å². The number of fused-ring (bicyclic) bond motifs is 1. The SMILES string of the molecule is CC[C@H]1C=C(CCc2ccc3ccccc3c2)COC1=O. The Labute approximate surface area is 125 Å². The molecule has 0 fully saturated rings. The molecule has 0 N–H and O–H groups in total. The molecule has 0 aromatic heterocycles. The van der Waals surface area contributed by atoms with Gasteiger partial charge in [0.2, 0.25) is 0 Å². The van der Waals surface area contributed by atoms with E-state index >= 15 is 0 Å². The number of ether oxygens (including phenoxy) is 1. The summed E-state index contributed by atoms with van der Waals surface area (Å²) in [5.74, 6) is -0.127. The predicted molar refractivity (Wildman–Crippen MR) is 85.1 cm³/mol. The first kappa shape index (κ1) is 13.9. The third kappa shape index (κ3) is 3.15. The number of carbonyl (C=O) groups is 1. The van der Waals surface area contributed by atoms with Crippen molar-refractivity contribution in [1.82, 2.24) is 0 Å². The summed E-state index contributed by atoms with van der Waals surface area (Å²) in [7, 11) is 0. The van der Waals surface area contributed by atoms with Crippen molar-refractivity contribution in [3.63, 3.8) is 0 Å². The standard InChI is InChI=1S/C19H20O2/c1-2-16-12-15(13-21-19(16)20)8-7-14-9-10-17-5-3-4-6-18(17)11-14/h3-6,9-12,16H,2,7-8,13H2,1H3/t16-/m0/s1. The molecule has 1 heterocycles. The van der Waals surface area contributed by atoms with Gasteiger partial charge in [-0.2, -0.15) is 0 Å². The van der Waals surface area contributed by atoms with Crippen LogP contribution in [0.2, 0.25) is 0 Å². The van der Waals surface area contributed by atoms with Crippen molar-refractivity contribution < 1.29 is 9.53 Å². The van der Waals surface area contributed by atoms with E-state index in [4.69, 9.17) is 4.74 Å². The van der Waals surface area contributed by atoms with Gasteiger partial charge in [-0.05, 0) is 41.2 Å².